The molecule has 2 aliphatic rings. The molecule has 1 aromatic carbocycles. The molecule has 2 saturated heterocycles. The molecule has 0 aromatic heterocycles. The molecule has 22 heavy (non-hydrogen) atoms. The van der Waals surface area contributed by atoms with Gasteiger partial charge in [0.1, 0.15) is 0 Å². The number of carbonyl (C=O) groups is 1. The summed E-state index contributed by atoms with van der Waals surface area (Å²) in [6.07, 6.45) is 3.85. The summed E-state index contributed by atoms with van der Waals surface area (Å²) in [5.74, 6) is 0.640. The molecule has 3 rings (SSSR count). The van der Waals surface area contributed by atoms with E-state index >= 15 is 0 Å². The Morgan fingerprint density at radius 3 is 2.86 bits per heavy atom. The van der Waals surface area contributed by atoms with Gasteiger partial charge >= 0.3 is 0 Å². The SMILES string of the molecule is O=C(C[C@H]1CCCO1)NC[C@H]1CCN(c2ccc(Cl)cc2)C1. The van der Waals surface area contributed by atoms with Crippen molar-refractivity contribution in [1.29, 1.82) is 0 Å². The number of ether oxygens (including phenoxy) is 1. The van der Waals surface area contributed by atoms with Crippen molar-refractivity contribution in [3.05, 3.63) is 29.3 Å². The van der Waals surface area contributed by atoms with E-state index in [4.69, 9.17) is 16.3 Å². The lowest BCUT2D eigenvalue weighted by Crippen LogP contribution is -2.32. The van der Waals surface area contributed by atoms with Gasteiger partial charge in [-0.25, -0.2) is 0 Å². The predicted octanol–water partition coefficient (Wildman–Crippen LogP) is 2.85. The first-order chi connectivity index (χ1) is 10.7. The van der Waals surface area contributed by atoms with E-state index in [1.54, 1.807) is 0 Å². The van der Waals surface area contributed by atoms with Crippen molar-refractivity contribution in [3.8, 4) is 0 Å². The number of carbonyl (C=O) groups excluding carboxylic acids is 1. The van der Waals surface area contributed by atoms with E-state index in [-0.39, 0.29) is 12.0 Å². The number of hydrogen-bond donors (Lipinski definition) is 1. The summed E-state index contributed by atoms with van der Waals surface area (Å²) in [7, 11) is 0. The van der Waals surface area contributed by atoms with Crippen LogP contribution in [-0.4, -0.2) is 38.3 Å². The highest BCUT2D eigenvalue weighted by molar-refractivity contribution is 6.30. The van der Waals surface area contributed by atoms with E-state index in [0.29, 0.717) is 12.3 Å². The lowest BCUT2D eigenvalue weighted by molar-refractivity contribution is -0.123. The fourth-order valence-electron chi connectivity index (χ4n) is 3.23. The van der Waals surface area contributed by atoms with Gasteiger partial charge in [-0.05, 0) is 49.4 Å². The Kier molecular flexibility index (Phi) is 5.21. The Morgan fingerprint density at radius 1 is 1.32 bits per heavy atom. The van der Waals surface area contributed by atoms with Gasteiger partial charge in [0.05, 0.1) is 12.5 Å². The van der Waals surface area contributed by atoms with Crippen LogP contribution >= 0.6 is 11.6 Å². The van der Waals surface area contributed by atoms with Gasteiger partial charge in [-0.3, -0.25) is 4.79 Å². The van der Waals surface area contributed by atoms with Crippen LogP contribution in [0.2, 0.25) is 5.02 Å². The molecule has 120 valence electrons. The first-order valence-electron chi connectivity index (χ1n) is 8.09. The summed E-state index contributed by atoms with van der Waals surface area (Å²) in [5, 5.41) is 3.83. The maximum Gasteiger partial charge on any atom is 0.222 e. The second kappa shape index (κ2) is 7.34. The van der Waals surface area contributed by atoms with Crippen LogP contribution in [0.5, 0.6) is 0 Å². The van der Waals surface area contributed by atoms with E-state index in [1.807, 2.05) is 12.1 Å². The molecule has 0 unspecified atom stereocenters. The van der Waals surface area contributed by atoms with Crippen molar-refractivity contribution in [1.82, 2.24) is 5.32 Å². The van der Waals surface area contributed by atoms with E-state index < -0.39 is 0 Å². The minimum Gasteiger partial charge on any atom is -0.378 e. The molecule has 2 heterocycles. The second-order valence-electron chi connectivity index (χ2n) is 6.22. The third kappa shape index (κ3) is 4.14. The highest BCUT2D eigenvalue weighted by Crippen LogP contribution is 2.25. The lowest BCUT2D eigenvalue weighted by atomic mass is 10.1. The number of halogens is 1. The zero-order valence-electron chi connectivity index (χ0n) is 12.8. The largest absolute Gasteiger partial charge is 0.378 e. The predicted molar refractivity (Wildman–Crippen MR) is 88.4 cm³/mol. The molecule has 0 radical (unpaired) electrons. The summed E-state index contributed by atoms with van der Waals surface area (Å²) in [6, 6.07) is 7.96. The molecule has 1 aromatic rings. The number of hydrogen-bond acceptors (Lipinski definition) is 3. The highest BCUT2D eigenvalue weighted by atomic mass is 35.5. The number of rotatable bonds is 5. The van der Waals surface area contributed by atoms with Crippen LogP contribution in [-0.2, 0) is 9.53 Å². The quantitative estimate of drug-likeness (QED) is 0.906. The average molecular weight is 323 g/mol. The van der Waals surface area contributed by atoms with Crippen molar-refractivity contribution in [2.75, 3.05) is 31.1 Å². The minimum absolute atomic E-state index is 0.122. The fraction of sp³-hybridized carbons (Fsp3) is 0.588. The summed E-state index contributed by atoms with van der Waals surface area (Å²) in [4.78, 5) is 14.3. The minimum atomic E-state index is 0.122. The maximum absolute atomic E-state index is 11.9. The Morgan fingerprint density at radius 2 is 2.14 bits per heavy atom. The molecule has 1 N–H and O–H groups in total. The van der Waals surface area contributed by atoms with E-state index in [2.05, 4.69) is 22.3 Å². The molecular formula is C17H23ClN2O2. The lowest BCUT2D eigenvalue weighted by Gasteiger charge is -2.19. The first kappa shape index (κ1) is 15.6. The molecule has 0 aliphatic carbocycles. The van der Waals surface area contributed by atoms with Crippen molar-refractivity contribution < 1.29 is 9.53 Å². The van der Waals surface area contributed by atoms with Crippen molar-refractivity contribution in [3.63, 3.8) is 0 Å². The Labute approximate surface area is 136 Å². The third-order valence-electron chi connectivity index (χ3n) is 4.50. The molecule has 0 bridgehead atoms. The van der Waals surface area contributed by atoms with Gasteiger partial charge in [0.15, 0.2) is 0 Å². The van der Waals surface area contributed by atoms with Crippen molar-refractivity contribution in [2.24, 2.45) is 5.92 Å². The Balaban J connectivity index is 1.41. The van der Waals surface area contributed by atoms with E-state index in [0.717, 1.165) is 50.5 Å². The Bertz CT molecular complexity index is 500. The summed E-state index contributed by atoms with van der Waals surface area (Å²) < 4.78 is 5.50. The zero-order valence-corrected chi connectivity index (χ0v) is 13.5. The van der Waals surface area contributed by atoms with Gasteiger partial charge in [-0.2, -0.15) is 0 Å². The van der Waals surface area contributed by atoms with Crippen LogP contribution in [0.4, 0.5) is 5.69 Å². The molecule has 2 fully saturated rings. The van der Waals surface area contributed by atoms with Crippen LogP contribution < -0.4 is 10.2 Å². The maximum atomic E-state index is 11.9. The molecule has 2 atom stereocenters. The molecule has 5 heteroatoms. The van der Waals surface area contributed by atoms with Crippen LogP contribution in [0, 0.1) is 5.92 Å². The smallest absolute Gasteiger partial charge is 0.222 e. The number of amides is 1. The van der Waals surface area contributed by atoms with Gasteiger partial charge in [0, 0.05) is 37.0 Å². The second-order valence-corrected chi connectivity index (χ2v) is 6.66. The number of benzene rings is 1. The highest BCUT2D eigenvalue weighted by Gasteiger charge is 2.24. The third-order valence-corrected chi connectivity index (χ3v) is 4.75. The monoisotopic (exact) mass is 322 g/mol. The average Bonchev–Trinajstić information content (AvgIpc) is 3.17. The Hall–Kier alpha value is -1.26. The summed E-state index contributed by atoms with van der Waals surface area (Å²) >= 11 is 5.93. The zero-order chi connectivity index (χ0) is 15.4. The van der Waals surface area contributed by atoms with Crippen LogP contribution in [0.25, 0.3) is 0 Å². The molecule has 0 spiro atoms. The van der Waals surface area contributed by atoms with E-state index in [1.165, 1.54) is 5.69 Å². The van der Waals surface area contributed by atoms with Crippen LogP contribution in [0.15, 0.2) is 24.3 Å². The first-order valence-corrected chi connectivity index (χ1v) is 8.47. The molecule has 0 saturated carbocycles. The molecule has 1 amide bonds. The van der Waals surface area contributed by atoms with Gasteiger partial charge in [0.2, 0.25) is 5.91 Å². The van der Waals surface area contributed by atoms with Gasteiger partial charge < -0.3 is 15.0 Å². The van der Waals surface area contributed by atoms with Gasteiger partial charge in [0.25, 0.3) is 0 Å². The van der Waals surface area contributed by atoms with Gasteiger partial charge in [-0.15, -0.1) is 0 Å². The van der Waals surface area contributed by atoms with Crippen molar-refractivity contribution in [2.45, 2.75) is 31.8 Å². The molecule has 2 aliphatic heterocycles. The fourth-order valence-corrected chi connectivity index (χ4v) is 3.35. The number of anilines is 1. The normalized spacial score (nSPS) is 24.7. The molecule has 4 nitrogen and oxygen atoms in total. The standard InChI is InChI=1S/C17H23ClN2O2/c18-14-3-5-15(6-4-14)20-8-7-13(12-20)11-19-17(21)10-16-2-1-9-22-16/h3-6,13,16H,1-2,7-12H2,(H,19,21)/t13-,16-/m1/s1. The molecular weight excluding hydrogens is 300 g/mol. The summed E-state index contributed by atoms with van der Waals surface area (Å²) in [6.45, 7) is 3.59. The summed E-state index contributed by atoms with van der Waals surface area (Å²) in [5.41, 5.74) is 1.21. The van der Waals surface area contributed by atoms with Crippen molar-refractivity contribution >= 4 is 23.2 Å². The van der Waals surface area contributed by atoms with E-state index in [9.17, 15) is 4.79 Å². The number of nitrogens with one attached hydrogen (secondary N) is 1. The van der Waals surface area contributed by atoms with Crippen LogP contribution in [0.3, 0.4) is 0 Å². The van der Waals surface area contributed by atoms with Gasteiger partial charge in [-0.1, -0.05) is 11.6 Å². The number of nitrogens with zero attached hydrogens (tertiary/aromatic N) is 1. The van der Waals surface area contributed by atoms with Crippen LogP contribution in [0.1, 0.15) is 25.7 Å². The topological polar surface area (TPSA) is 41.6 Å².